The number of hydrogen-bond acceptors (Lipinski definition) is 5. The van der Waals surface area contributed by atoms with Crippen molar-refractivity contribution in [1.29, 1.82) is 5.26 Å². The monoisotopic (exact) mass is 361 g/mol. The van der Waals surface area contributed by atoms with Gasteiger partial charge in [-0.05, 0) is 42.8 Å². The molecule has 2 N–H and O–H groups in total. The van der Waals surface area contributed by atoms with E-state index in [1.54, 1.807) is 43.3 Å². The molecule has 0 atom stereocenters. The summed E-state index contributed by atoms with van der Waals surface area (Å²) in [6, 6.07) is 11.8. The molecule has 0 bridgehead atoms. The molecule has 0 saturated heterocycles. The number of furan rings is 1. The van der Waals surface area contributed by atoms with Crippen molar-refractivity contribution >= 4 is 23.8 Å². The maximum atomic E-state index is 12.4. The second-order valence-electron chi connectivity index (χ2n) is 5.98. The van der Waals surface area contributed by atoms with Gasteiger partial charge in [-0.15, -0.1) is 0 Å². The fourth-order valence-corrected chi connectivity index (χ4v) is 2.72. The van der Waals surface area contributed by atoms with Crippen molar-refractivity contribution in [3.8, 4) is 17.4 Å². The zero-order valence-electron chi connectivity index (χ0n) is 14.6. The first-order valence-electron chi connectivity index (χ1n) is 7.99. The van der Waals surface area contributed by atoms with Crippen molar-refractivity contribution in [2.24, 2.45) is 5.73 Å². The average Bonchev–Trinajstić information content (AvgIpc) is 3.13. The van der Waals surface area contributed by atoms with Crippen molar-refractivity contribution in [3.05, 3.63) is 64.4 Å². The third-order valence-corrected chi connectivity index (χ3v) is 4.31. The molecule has 0 unspecified atom stereocenters. The van der Waals surface area contributed by atoms with E-state index in [0.29, 0.717) is 22.7 Å². The summed E-state index contributed by atoms with van der Waals surface area (Å²) in [5.41, 5.74) is 6.81. The van der Waals surface area contributed by atoms with Crippen LogP contribution in [0.2, 0.25) is 0 Å². The Balaban J connectivity index is 1.98. The summed E-state index contributed by atoms with van der Waals surface area (Å²) in [5.74, 6) is -0.706. The molecule has 0 fully saturated rings. The number of nitrogens with zero attached hydrogens (tertiary/aromatic N) is 2. The summed E-state index contributed by atoms with van der Waals surface area (Å²) in [6.45, 7) is 1.56. The van der Waals surface area contributed by atoms with Crippen LogP contribution < -0.4 is 5.73 Å². The number of nitrogens with two attached hydrogens (primary N) is 1. The van der Waals surface area contributed by atoms with Gasteiger partial charge in [0.05, 0.1) is 0 Å². The number of carbonyl (C=O) groups excluding carboxylic acids is 3. The summed E-state index contributed by atoms with van der Waals surface area (Å²) in [5, 5.41) is 9.18. The molecule has 0 radical (unpaired) electrons. The summed E-state index contributed by atoms with van der Waals surface area (Å²) < 4.78 is 5.75. The highest BCUT2D eigenvalue weighted by Gasteiger charge is 2.33. The van der Waals surface area contributed by atoms with E-state index in [-0.39, 0.29) is 11.1 Å². The molecule has 134 valence electrons. The normalized spacial score (nSPS) is 16.0. The smallest absolute Gasteiger partial charge is 0.271 e. The largest absolute Gasteiger partial charge is 0.457 e. The van der Waals surface area contributed by atoms with Crippen LogP contribution in [0.4, 0.5) is 0 Å². The minimum atomic E-state index is -0.619. The van der Waals surface area contributed by atoms with Crippen molar-refractivity contribution in [2.45, 2.75) is 6.92 Å². The van der Waals surface area contributed by atoms with E-state index in [9.17, 15) is 19.6 Å². The Labute approximate surface area is 155 Å². The highest BCUT2D eigenvalue weighted by molar-refractivity contribution is 6.19. The molecule has 3 amide bonds. The number of imide groups is 1. The highest BCUT2D eigenvalue weighted by atomic mass is 16.3. The third-order valence-electron chi connectivity index (χ3n) is 4.31. The van der Waals surface area contributed by atoms with Gasteiger partial charge in [0.25, 0.3) is 11.8 Å². The van der Waals surface area contributed by atoms with Crippen LogP contribution in [-0.4, -0.2) is 29.7 Å². The number of hydrogen-bond donors (Lipinski definition) is 1. The topological polar surface area (TPSA) is 117 Å². The molecule has 1 aliphatic rings. The van der Waals surface area contributed by atoms with E-state index in [2.05, 4.69) is 0 Å². The molecule has 0 saturated carbocycles. The van der Waals surface area contributed by atoms with Crippen molar-refractivity contribution < 1.29 is 18.8 Å². The first kappa shape index (κ1) is 17.9. The Kier molecular flexibility index (Phi) is 4.48. The molecule has 3 rings (SSSR count). The second-order valence-corrected chi connectivity index (χ2v) is 5.98. The summed E-state index contributed by atoms with van der Waals surface area (Å²) in [6.07, 6.45) is 1.50. The minimum Gasteiger partial charge on any atom is -0.457 e. The molecule has 1 aromatic heterocycles. The van der Waals surface area contributed by atoms with E-state index in [4.69, 9.17) is 10.2 Å². The van der Waals surface area contributed by atoms with Crippen LogP contribution in [0.5, 0.6) is 0 Å². The van der Waals surface area contributed by atoms with E-state index >= 15 is 0 Å². The number of amides is 3. The molecule has 0 spiro atoms. The van der Waals surface area contributed by atoms with Crippen LogP contribution in [0.3, 0.4) is 0 Å². The Bertz CT molecular complexity index is 1070. The molecular formula is C20H15N3O4. The maximum Gasteiger partial charge on any atom is 0.271 e. The number of rotatable bonds is 3. The van der Waals surface area contributed by atoms with Gasteiger partial charge in [-0.25, -0.2) is 0 Å². The first-order chi connectivity index (χ1) is 12.8. The number of nitriles is 1. The zero-order chi connectivity index (χ0) is 19.7. The number of benzene rings is 1. The van der Waals surface area contributed by atoms with Gasteiger partial charge in [0.2, 0.25) is 5.91 Å². The lowest BCUT2D eigenvalue weighted by Gasteiger charge is -2.23. The lowest BCUT2D eigenvalue weighted by atomic mass is 9.95. The van der Waals surface area contributed by atoms with Crippen molar-refractivity contribution in [2.75, 3.05) is 7.05 Å². The highest BCUT2D eigenvalue weighted by Crippen LogP contribution is 2.28. The quantitative estimate of drug-likeness (QED) is 0.665. The molecule has 2 aromatic rings. The molecule has 0 aliphatic carbocycles. The van der Waals surface area contributed by atoms with Crippen molar-refractivity contribution in [3.63, 3.8) is 0 Å². The summed E-state index contributed by atoms with van der Waals surface area (Å²) >= 11 is 0. The van der Waals surface area contributed by atoms with E-state index in [1.807, 2.05) is 6.07 Å². The molecule has 1 aromatic carbocycles. The Morgan fingerprint density at radius 1 is 1.15 bits per heavy atom. The fraction of sp³-hybridized carbons (Fsp3) is 0.100. The average molecular weight is 361 g/mol. The van der Waals surface area contributed by atoms with Crippen LogP contribution in [0.15, 0.2) is 57.5 Å². The lowest BCUT2D eigenvalue weighted by molar-refractivity contribution is -0.138. The summed E-state index contributed by atoms with van der Waals surface area (Å²) in [7, 11) is 1.33. The first-order valence-corrected chi connectivity index (χ1v) is 7.99. The van der Waals surface area contributed by atoms with Gasteiger partial charge in [-0.1, -0.05) is 12.1 Å². The second kappa shape index (κ2) is 6.77. The standard InChI is InChI=1S/C20H15N3O4/c1-11-15(19(25)23(2)20(26)16(11)10-21)9-14-7-8-17(27-14)12-3-5-13(6-4-12)18(22)24/h3-9H,1-2H3,(H2,22,24)/b15-9-. The Morgan fingerprint density at radius 2 is 1.81 bits per heavy atom. The minimum absolute atomic E-state index is 0.0721. The third kappa shape index (κ3) is 3.16. The van der Waals surface area contributed by atoms with Gasteiger partial charge >= 0.3 is 0 Å². The molecule has 27 heavy (non-hydrogen) atoms. The fourth-order valence-electron chi connectivity index (χ4n) is 2.72. The van der Waals surface area contributed by atoms with Gasteiger partial charge in [-0.3, -0.25) is 19.3 Å². The lowest BCUT2D eigenvalue weighted by Crippen LogP contribution is -2.39. The van der Waals surface area contributed by atoms with Crippen LogP contribution in [0.25, 0.3) is 17.4 Å². The van der Waals surface area contributed by atoms with Crippen LogP contribution >= 0.6 is 0 Å². The number of primary amides is 1. The Hall–Kier alpha value is -3.92. The Morgan fingerprint density at radius 3 is 2.41 bits per heavy atom. The molecule has 7 heteroatoms. The number of likely N-dealkylation sites (N-methyl/N-ethyl adjacent to an activating group) is 1. The van der Waals surface area contributed by atoms with E-state index in [1.165, 1.54) is 13.1 Å². The van der Waals surface area contributed by atoms with Crippen molar-refractivity contribution in [1.82, 2.24) is 4.90 Å². The van der Waals surface area contributed by atoms with Gasteiger partial charge in [-0.2, -0.15) is 5.26 Å². The number of carbonyl (C=O) groups is 3. The summed E-state index contributed by atoms with van der Waals surface area (Å²) in [4.78, 5) is 36.4. The molecule has 2 heterocycles. The van der Waals surface area contributed by atoms with Gasteiger partial charge in [0.1, 0.15) is 23.2 Å². The van der Waals surface area contributed by atoms with Crippen LogP contribution in [0, 0.1) is 11.3 Å². The molecule has 7 nitrogen and oxygen atoms in total. The predicted octanol–water partition coefficient (Wildman–Crippen LogP) is 2.27. The van der Waals surface area contributed by atoms with Gasteiger partial charge in [0, 0.05) is 23.7 Å². The molecule has 1 aliphatic heterocycles. The van der Waals surface area contributed by atoms with E-state index < -0.39 is 17.7 Å². The van der Waals surface area contributed by atoms with Crippen LogP contribution in [-0.2, 0) is 9.59 Å². The maximum absolute atomic E-state index is 12.4. The van der Waals surface area contributed by atoms with E-state index in [0.717, 1.165) is 10.5 Å². The SMILES string of the molecule is CC1=C(C#N)C(=O)N(C)C(=O)/C1=C\c1ccc(-c2ccc(C(N)=O)cc2)o1. The van der Waals surface area contributed by atoms with Crippen LogP contribution in [0.1, 0.15) is 23.0 Å². The predicted molar refractivity (Wildman–Crippen MR) is 96.7 cm³/mol. The zero-order valence-corrected chi connectivity index (χ0v) is 14.6. The van der Waals surface area contributed by atoms with Gasteiger partial charge < -0.3 is 10.2 Å². The van der Waals surface area contributed by atoms with Gasteiger partial charge in [0.15, 0.2) is 0 Å². The molecular weight excluding hydrogens is 346 g/mol.